The van der Waals surface area contributed by atoms with Crippen molar-refractivity contribution in [2.24, 2.45) is 0 Å². The van der Waals surface area contributed by atoms with Crippen LogP contribution in [-0.2, 0) is 0 Å². The van der Waals surface area contributed by atoms with Crippen LogP contribution in [0.2, 0.25) is 0 Å². The number of para-hydroxylation sites is 1. The molecule has 0 saturated carbocycles. The normalized spacial score (nSPS) is 10.3. The number of nitrogens with one attached hydrogen (secondary N) is 2. The zero-order valence-corrected chi connectivity index (χ0v) is 15.2. The average Bonchev–Trinajstić information content (AvgIpc) is 2.43. The van der Waals surface area contributed by atoms with E-state index in [-0.39, 0.29) is 0 Å². The van der Waals surface area contributed by atoms with Gasteiger partial charge in [-0.25, -0.2) is 0 Å². The molecule has 1 heterocycles. The van der Waals surface area contributed by atoms with Crippen molar-refractivity contribution >= 4 is 55.4 Å². The van der Waals surface area contributed by atoms with Gasteiger partial charge in [-0.3, -0.25) is 0 Å². The monoisotopic (exact) mass is 414 g/mol. The van der Waals surface area contributed by atoms with Crippen LogP contribution in [0.4, 0.5) is 23.5 Å². The molecule has 0 amide bonds. The molecular formula is C13H16Br2N6. The minimum atomic E-state index is 0.484. The molecule has 2 rings (SSSR count). The molecular weight excluding hydrogens is 400 g/mol. The number of anilines is 4. The summed E-state index contributed by atoms with van der Waals surface area (Å²) in [5.41, 5.74) is 0.871. The third-order valence-corrected chi connectivity index (χ3v) is 3.88. The van der Waals surface area contributed by atoms with Gasteiger partial charge in [0.2, 0.25) is 17.8 Å². The number of nitrogens with zero attached hydrogens (tertiary/aromatic N) is 4. The van der Waals surface area contributed by atoms with Crippen molar-refractivity contribution in [3.63, 3.8) is 0 Å². The second-order valence-corrected chi connectivity index (χ2v) is 6.14. The lowest BCUT2D eigenvalue weighted by Gasteiger charge is -2.15. The molecule has 0 aliphatic heterocycles. The van der Waals surface area contributed by atoms with Crippen LogP contribution in [0.1, 0.15) is 6.92 Å². The van der Waals surface area contributed by atoms with E-state index in [1.165, 1.54) is 0 Å². The maximum absolute atomic E-state index is 4.40. The molecule has 0 spiro atoms. The first kappa shape index (κ1) is 16.0. The first-order valence-electron chi connectivity index (χ1n) is 6.39. The lowest BCUT2D eigenvalue weighted by molar-refractivity contribution is 0.953. The highest BCUT2D eigenvalue weighted by Gasteiger charge is 2.11. The molecule has 0 unspecified atom stereocenters. The fourth-order valence-corrected chi connectivity index (χ4v) is 2.78. The van der Waals surface area contributed by atoms with Gasteiger partial charge in [-0.05, 0) is 50.9 Å². The van der Waals surface area contributed by atoms with E-state index in [9.17, 15) is 0 Å². The van der Waals surface area contributed by atoms with E-state index in [1.54, 1.807) is 0 Å². The summed E-state index contributed by atoms with van der Waals surface area (Å²) in [6.07, 6.45) is 0. The van der Waals surface area contributed by atoms with Crippen molar-refractivity contribution in [3.05, 3.63) is 27.1 Å². The van der Waals surface area contributed by atoms with E-state index in [1.807, 2.05) is 44.1 Å². The maximum Gasteiger partial charge on any atom is 0.233 e. The minimum absolute atomic E-state index is 0.484. The molecule has 21 heavy (non-hydrogen) atoms. The van der Waals surface area contributed by atoms with Crippen molar-refractivity contribution in [2.45, 2.75) is 6.92 Å². The van der Waals surface area contributed by atoms with Crippen LogP contribution < -0.4 is 15.5 Å². The Kier molecular flexibility index (Phi) is 5.35. The number of hydrogen-bond donors (Lipinski definition) is 2. The lowest BCUT2D eigenvalue weighted by Crippen LogP contribution is -2.16. The molecule has 0 bridgehead atoms. The number of hydrogen-bond acceptors (Lipinski definition) is 6. The number of benzene rings is 1. The molecule has 0 atom stereocenters. The van der Waals surface area contributed by atoms with Gasteiger partial charge in [-0.2, -0.15) is 15.0 Å². The van der Waals surface area contributed by atoms with Gasteiger partial charge < -0.3 is 15.5 Å². The third kappa shape index (κ3) is 4.04. The Labute approximate surface area is 140 Å². The van der Waals surface area contributed by atoms with Gasteiger partial charge in [0.15, 0.2) is 0 Å². The first-order chi connectivity index (χ1) is 10.0. The Morgan fingerprint density at radius 2 is 1.67 bits per heavy atom. The second-order valence-electron chi connectivity index (χ2n) is 4.43. The molecule has 0 aliphatic carbocycles. The summed E-state index contributed by atoms with van der Waals surface area (Å²) in [6.45, 7) is 2.74. The van der Waals surface area contributed by atoms with Crippen molar-refractivity contribution in [3.8, 4) is 0 Å². The Morgan fingerprint density at radius 1 is 1.05 bits per heavy atom. The van der Waals surface area contributed by atoms with Crippen LogP contribution in [0, 0.1) is 0 Å². The van der Waals surface area contributed by atoms with Gasteiger partial charge in [0.25, 0.3) is 0 Å². The predicted octanol–water partition coefficient (Wildman–Crippen LogP) is 3.64. The molecule has 1 aromatic heterocycles. The molecule has 0 fully saturated rings. The van der Waals surface area contributed by atoms with Crippen LogP contribution in [0.15, 0.2) is 27.1 Å². The van der Waals surface area contributed by atoms with Crippen molar-refractivity contribution in [1.29, 1.82) is 0 Å². The zero-order valence-electron chi connectivity index (χ0n) is 12.0. The van der Waals surface area contributed by atoms with E-state index in [2.05, 4.69) is 57.4 Å². The topological polar surface area (TPSA) is 66.0 Å². The van der Waals surface area contributed by atoms with E-state index >= 15 is 0 Å². The summed E-state index contributed by atoms with van der Waals surface area (Å²) < 4.78 is 1.85. The van der Waals surface area contributed by atoms with Crippen molar-refractivity contribution < 1.29 is 0 Å². The zero-order chi connectivity index (χ0) is 15.4. The Balaban J connectivity index is 2.39. The highest BCUT2D eigenvalue weighted by atomic mass is 79.9. The summed E-state index contributed by atoms with van der Waals surface area (Å²) in [6, 6.07) is 5.85. The van der Waals surface area contributed by atoms with Crippen molar-refractivity contribution in [2.75, 3.05) is 36.2 Å². The second kappa shape index (κ2) is 7.04. The molecule has 0 radical (unpaired) electrons. The fourth-order valence-electron chi connectivity index (χ4n) is 1.59. The van der Waals surface area contributed by atoms with Crippen LogP contribution in [0.3, 0.4) is 0 Å². The molecule has 112 valence electrons. The van der Waals surface area contributed by atoms with E-state index in [0.717, 1.165) is 21.2 Å². The summed E-state index contributed by atoms with van der Waals surface area (Å²) in [7, 11) is 3.78. The minimum Gasteiger partial charge on any atom is -0.354 e. The summed E-state index contributed by atoms with van der Waals surface area (Å²) in [5, 5.41) is 6.32. The summed E-state index contributed by atoms with van der Waals surface area (Å²) in [5.74, 6) is 1.62. The fraction of sp³-hybridized carbons (Fsp3) is 0.308. The molecule has 2 aromatic rings. The van der Waals surface area contributed by atoms with Crippen LogP contribution >= 0.6 is 31.9 Å². The Morgan fingerprint density at radius 3 is 2.24 bits per heavy atom. The van der Waals surface area contributed by atoms with E-state index in [0.29, 0.717) is 17.8 Å². The standard InChI is InChI=1S/C13H16Br2N6/c1-4-16-11-18-12(20-13(19-11)21(2)3)17-10-8(14)6-5-7-9(10)15/h5-7H,4H2,1-3H3,(H2,16,17,18,19,20). The molecule has 0 aliphatic rings. The largest absolute Gasteiger partial charge is 0.354 e. The first-order valence-corrected chi connectivity index (χ1v) is 7.98. The van der Waals surface area contributed by atoms with Crippen LogP contribution in [-0.4, -0.2) is 35.6 Å². The van der Waals surface area contributed by atoms with Gasteiger partial charge in [0.1, 0.15) is 0 Å². The SMILES string of the molecule is CCNc1nc(Nc2c(Br)cccc2Br)nc(N(C)C)n1. The van der Waals surface area contributed by atoms with Crippen LogP contribution in [0.5, 0.6) is 0 Å². The quantitative estimate of drug-likeness (QED) is 0.777. The number of rotatable bonds is 5. The summed E-state index contributed by atoms with van der Waals surface area (Å²) >= 11 is 7.02. The highest BCUT2D eigenvalue weighted by Crippen LogP contribution is 2.32. The van der Waals surface area contributed by atoms with Gasteiger partial charge in [0, 0.05) is 29.6 Å². The molecule has 2 N–H and O–H groups in total. The molecule has 8 heteroatoms. The van der Waals surface area contributed by atoms with Gasteiger partial charge >= 0.3 is 0 Å². The predicted molar refractivity (Wildman–Crippen MR) is 93.4 cm³/mol. The summed E-state index contributed by atoms with van der Waals surface area (Å²) in [4.78, 5) is 14.9. The van der Waals surface area contributed by atoms with Gasteiger partial charge in [0.05, 0.1) is 5.69 Å². The van der Waals surface area contributed by atoms with Gasteiger partial charge in [-0.1, -0.05) is 6.07 Å². The Hall–Kier alpha value is -1.41. The smallest absolute Gasteiger partial charge is 0.233 e. The van der Waals surface area contributed by atoms with E-state index < -0.39 is 0 Å². The maximum atomic E-state index is 4.40. The molecule has 0 saturated heterocycles. The van der Waals surface area contributed by atoms with Crippen molar-refractivity contribution in [1.82, 2.24) is 15.0 Å². The van der Waals surface area contributed by atoms with Gasteiger partial charge in [-0.15, -0.1) is 0 Å². The third-order valence-electron chi connectivity index (χ3n) is 2.56. The van der Waals surface area contributed by atoms with E-state index in [4.69, 9.17) is 0 Å². The number of aromatic nitrogens is 3. The molecule has 1 aromatic carbocycles. The van der Waals surface area contributed by atoms with Crippen LogP contribution in [0.25, 0.3) is 0 Å². The lowest BCUT2D eigenvalue weighted by atomic mass is 10.3. The number of halogens is 2. The average molecular weight is 416 g/mol. The molecule has 6 nitrogen and oxygen atoms in total. The highest BCUT2D eigenvalue weighted by molar-refractivity contribution is 9.11. The Bertz CT molecular complexity index is 612.